The van der Waals surface area contributed by atoms with E-state index in [4.69, 9.17) is 0 Å². The molecular weight excluding hydrogens is 380 g/mol. The highest BCUT2D eigenvalue weighted by Crippen LogP contribution is 2.17. The Balaban J connectivity index is 1.55. The second-order valence-electron chi connectivity index (χ2n) is 6.74. The number of carbonyl (C=O) groups excluding carboxylic acids is 1. The first-order valence-electron chi connectivity index (χ1n) is 9.34. The lowest BCUT2D eigenvalue weighted by molar-refractivity contribution is 0.0746. The standard InChI is InChI=1S/C20H19F2N5O2/c1-2-27-17-16(4-3-7-23-17)24-18(20(27)29)25-8-10-26(11-9-25)19(28)13-5-6-14(21)15(22)12-13/h3-7,12H,2,8-11H2,1H3. The van der Waals surface area contributed by atoms with E-state index >= 15 is 0 Å². The van der Waals surface area contributed by atoms with Crippen molar-refractivity contribution in [1.29, 1.82) is 0 Å². The lowest BCUT2D eigenvalue weighted by atomic mass is 10.1. The lowest BCUT2D eigenvalue weighted by Gasteiger charge is -2.35. The molecule has 1 fully saturated rings. The van der Waals surface area contributed by atoms with Crippen molar-refractivity contribution in [3.05, 3.63) is 64.1 Å². The van der Waals surface area contributed by atoms with Crippen LogP contribution in [0.4, 0.5) is 14.6 Å². The predicted molar refractivity (Wildman–Crippen MR) is 104 cm³/mol. The number of anilines is 1. The Hall–Kier alpha value is -3.36. The van der Waals surface area contributed by atoms with Crippen molar-refractivity contribution in [2.75, 3.05) is 31.1 Å². The van der Waals surface area contributed by atoms with Crippen LogP contribution in [0.25, 0.3) is 11.2 Å². The number of aryl methyl sites for hydroxylation is 1. The van der Waals surface area contributed by atoms with Crippen LogP contribution >= 0.6 is 0 Å². The monoisotopic (exact) mass is 399 g/mol. The van der Waals surface area contributed by atoms with Crippen LogP contribution in [0, 0.1) is 11.6 Å². The topological polar surface area (TPSA) is 71.3 Å². The highest BCUT2D eigenvalue weighted by molar-refractivity contribution is 5.94. The van der Waals surface area contributed by atoms with Gasteiger partial charge in [-0.1, -0.05) is 0 Å². The highest BCUT2D eigenvalue weighted by Gasteiger charge is 2.26. The van der Waals surface area contributed by atoms with Crippen LogP contribution in [-0.2, 0) is 6.54 Å². The van der Waals surface area contributed by atoms with Crippen LogP contribution in [0.2, 0.25) is 0 Å². The number of carbonyl (C=O) groups is 1. The quantitative estimate of drug-likeness (QED) is 0.674. The van der Waals surface area contributed by atoms with Gasteiger partial charge in [-0.2, -0.15) is 0 Å². The molecule has 0 saturated carbocycles. The summed E-state index contributed by atoms with van der Waals surface area (Å²) in [4.78, 5) is 37.6. The molecule has 9 heteroatoms. The molecule has 3 heterocycles. The Bertz CT molecular complexity index is 1140. The van der Waals surface area contributed by atoms with Gasteiger partial charge in [0.2, 0.25) is 0 Å². The van der Waals surface area contributed by atoms with Crippen LogP contribution in [0.15, 0.2) is 41.3 Å². The maximum absolute atomic E-state index is 13.4. The normalized spacial score (nSPS) is 14.4. The maximum atomic E-state index is 13.4. The van der Waals surface area contributed by atoms with E-state index in [2.05, 4.69) is 9.97 Å². The van der Waals surface area contributed by atoms with Crippen molar-refractivity contribution >= 4 is 22.9 Å². The number of aromatic nitrogens is 3. The van der Waals surface area contributed by atoms with Gasteiger partial charge < -0.3 is 9.80 Å². The average Bonchev–Trinajstić information content (AvgIpc) is 2.75. The summed E-state index contributed by atoms with van der Waals surface area (Å²) in [6.45, 7) is 3.85. The third kappa shape index (κ3) is 3.43. The van der Waals surface area contributed by atoms with Gasteiger partial charge in [0.25, 0.3) is 11.5 Å². The Labute approximate surface area is 165 Å². The summed E-state index contributed by atoms with van der Waals surface area (Å²) < 4.78 is 28.1. The van der Waals surface area contributed by atoms with Crippen molar-refractivity contribution in [2.24, 2.45) is 0 Å². The van der Waals surface area contributed by atoms with E-state index in [1.807, 2.05) is 11.8 Å². The third-order valence-electron chi connectivity index (χ3n) is 5.03. The van der Waals surface area contributed by atoms with Gasteiger partial charge in [-0.25, -0.2) is 18.7 Å². The van der Waals surface area contributed by atoms with Gasteiger partial charge in [0, 0.05) is 44.5 Å². The van der Waals surface area contributed by atoms with E-state index < -0.39 is 11.6 Å². The second kappa shape index (κ2) is 7.57. The van der Waals surface area contributed by atoms with Gasteiger partial charge >= 0.3 is 0 Å². The zero-order valence-electron chi connectivity index (χ0n) is 15.8. The molecule has 1 aromatic carbocycles. The molecule has 0 unspecified atom stereocenters. The van der Waals surface area contributed by atoms with Crippen molar-refractivity contribution < 1.29 is 13.6 Å². The fourth-order valence-corrected chi connectivity index (χ4v) is 3.49. The Morgan fingerprint density at radius 3 is 2.55 bits per heavy atom. The minimum absolute atomic E-state index is 0.0978. The SMILES string of the molecule is CCn1c(=O)c(N2CCN(C(=O)c3ccc(F)c(F)c3)CC2)nc2cccnc21. The molecule has 0 spiro atoms. The summed E-state index contributed by atoms with van der Waals surface area (Å²) in [6.07, 6.45) is 1.62. The van der Waals surface area contributed by atoms with E-state index in [0.29, 0.717) is 49.7 Å². The summed E-state index contributed by atoms with van der Waals surface area (Å²) in [6, 6.07) is 6.69. The summed E-state index contributed by atoms with van der Waals surface area (Å²) in [5.41, 5.74) is 1.04. The predicted octanol–water partition coefficient (Wildman–Crippen LogP) is 2.05. The molecule has 0 radical (unpaired) electrons. The van der Waals surface area contributed by atoms with Crippen LogP contribution in [0.3, 0.4) is 0 Å². The molecule has 150 valence electrons. The van der Waals surface area contributed by atoms with Crippen molar-refractivity contribution in [3.63, 3.8) is 0 Å². The van der Waals surface area contributed by atoms with Gasteiger partial charge in [0.15, 0.2) is 23.1 Å². The van der Waals surface area contributed by atoms with Gasteiger partial charge in [-0.15, -0.1) is 0 Å². The number of rotatable bonds is 3. The van der Waals surface area contributed by atoms with E-state index in [-0.39, 0.29) is 17.0 Å². The Morgan fingerprint density at radius 1 is 1.10 bits per heavy atom. The van der Waals surface area contributed by atoms with E-state index in [1.54, 1.807) is 27.8 Å². The van der Waals surface area contributed by atoms with Crippen molar-refractivity contribution in [1.82, 2.24) is 19.4 Å². The number of hydrogen-bond acceptors (Lipinski definition) is 5. The second-order valence-corrected chi connectivity index (χ2v) is 6.74. The van der Waals surface area contributed by atoms with Gasteiger partial charge in [-0.3, -0.25) is 14.2 Å². The zero-order chi connectivity index (χ0) is 20.5. The van der Waals surface area contributed by atoms with Crippen LogP contribution in [-0.4, -0.2) is 51.5 Å². The van der Waals surface area contributed by atoms with Crippen LogP contribution in [0.1, 0.15) is 17.3 Å². The molecule has 7 nitrogen and oxygen atoms in total. The van der Waals surface area contributed by atoms with Gasteiger partial charge in [0.05, 0.1) is 0 Å². The van der Waals surface area contributed by atoms with Crippen molar-refractivity contribution in [2.45, 2.75) is 13.5 Å². The van der Waals surface area contributed by atoms with Gasteiger partial charge in [0.1, 0.15) is 5.52 Å². The molecule has 0 bridgehead atoms. The summed E-state index contributed by atoms with van der Waals surface area (Å²) in [5.74, 6) is -2.09. The number of amides is 1. The smallest absolute Gasteiger partial charge is 0.295 e. The lowest BCUT2D eigenvalue weighted by Crippen LogP contribution is -2.50. The summed E-state index contributed by atoms with van der Waals surface area (Å²) in [5, 5.41) is 0. The molecule has 2 aromatic heterocycles. The van der Waals surface area contributed by atoms with Crippen LogP contribution in [0.5, 0.6) is 0 Å². The molecule has 0 aliphatic carbocycles. The van der Waals surface area contributed by atoms with E-state index in [1.165, 1.54) is 6.07 Å². The number of nitrogens with zero attached hydrogens (tertiary/aromatic N) is 5. The Kier molecular flexibility index (Phi) is 4.96. The molecule has 4 rings (SSSR count). The minimum atomic E-state index is -1.05. The minimum Gasteiger partial charge on any atom is -0.348 e. The van der Waals surface area contributed by atoms with Gasteiger partial charge in [-0.05, 0) is 37.3 Å². The Morgan fingerprint density at radius 2 is 1.86 bits per heavy atom. The van der Waals surface area contributed by atoms with Crippen molar-refractivity contribution in [3.8, 4) is 0 Å². The largest absolute Gasteiger partial charge is 0.348 e. The number of fused-ring (bicyclic) bond motifs is 1. The fourth-order valence-electron chi connectivity index (χ4n) is 3.49. The molecule has 3 aromatic rings. The molecule has 1 aliphatic rings. The van der Waals surface area contributed by atoms with Crippen LogP contribution < -0.4 is 10.5 Å². The molecule has 29 heavy (non-hydrogen) atoms. The molecule has 1 aliphatic heterocycles. The summed E-state index contributed by atoms with van der Waals surface area (Å²) in [7, 11) is 0. The number of pyridine rings is 1. The maximum Gasteiger partial charge on any atom is 0.295 e. The average molecular weight is 399 g/mol. The summed E-state index contributed by atoms with van der Waals surface area (Å²) >= 11 is 0. The highest BCUT2D eigenvalue weighted by atomic mass is 19.2. The molecule has 1 saturated heterocycles. The number of halogens is 2. The van der Waals surface area contributed by atoms with E-state index in [9.17, 15) is 18.4 Å². The first-order valence-corrected chi connectivity index (χ1v) is 9.34. The third-order valence-corrected chi connectivity index (χ3v) is 5.03. The zero-order valence-corrected chi connectivity index (χ0v) is 15.8. The first-order chi connectivity index (χ1) is 14.0. The molecule has 0 atom stereocenters. The fraction of sp³-hybridized carbons (Fsp3) is 0.300. The number of piperazine rings is 1. The molecule has 1 amide bonds. The number of hydrogen-bond donors (Lipinski definition) is 0. The first kappa shape index (κ1) is 19.0. The molecule has 0 N–H and O–H groups in total. The van der Waals surface area contributed by atoms with E-state index in [0.717, 1.165) is 12.1 Å². The number of benzene rings is 1. The molecular formula is C20H19F2N5O2.